The molecule has 2 aliphatic rings. The molecule has 2 aromatic rings. The quantitative estimate of drug-likeness (QED) is 0.580. The second-order valence-corrected chi connectivity index (χ2v) is 8.49. The van der Waals surface area contributed by atoms with Crippen molar-refractivity contribution in [2.45, 2.75) is 38.0 Å². The number of aliphatic imine (C=N–C) groups is 1. The van der Waals surface area contributed by atoms with E-state index in [4.69, 9.17) is 4.74 Å². The zero-order valence-corrected chi connectivity index (χ0v) is 17.4. The Bertz CT molecular complexity index is 770. The van der Waals surface area contributed by atoms with Crippen LogP contribution < -0.4 is 10.6 Å². The summed E-state index contributed by atoms with van der Waals surface area (Å²) in [6.07, 6.45) is 3.74. The number of guanidine groups is 1. The fourth-order valence-corrected chi connectivity index (χ4v) is 4.99. The van der Waals surface area contributed by atoms with Crippen molar-refractivity contribution in [3.63, 3.8) is 0 Å². The average molecular weight is 399 g/mol. The fraction of sp³-hybridized carbons (Fsp3) is 0.500. The third kappa shape index (κ3) is 4.74. The maximum atomic E-state index is 5.71. The standard InChI is InChI=1S/C22H30N4OS/c1-23-22(24-14-19-8-5-12-27-19)25-15-20(17-6-3-2-4-7-17)26-11-9-21-18(16-26)10-13-28-21/h2-4,6-7,10,13,19-20H,5,8-9,11-12,14-16H2,1H3,(H2,23,24,25). The molecule has 5 nitrogen and oxygen atoms in total. The molecule has 2 atom stereocenters. The van der Waals surface area contributed by atoms with E-state index in [9.17, 15) is 0 Å². The van der Waals surface area contributed by atoms with Crippen LogP contribution in [0.4, 0.5) is 0 Å². The second kappa shape index (κ2) is 9.54. The lowest BCUT2D eigenvalue weighted by Gasteiger charge is -2.35. The van der Waals surface area contributed by atoms with E-state index in [0.29, 0.717) is 12.1 Å². The minimum Gasteiger partial charge on any atom is -0.376 e. The zero-order valence-electron chi connectivity index (χ0n) is 16.6. The largest absolute Gasteiger partial charge is 0.376 e. The molecule has 3 heterocycles. The molecule has 2 aliphatic heterocycles. The Labute approximate surface area is 171 Å². The highest BCUT2D eigenvalue weighted by Gasteiger charge is 2.25. The molecule has 1 aromatic carbocycles. The van der Waals surface area contributed by atoms with Crippen LogP contribution >= 0.6 is 11.3 Å². The SMILES string of the molecule is CN=C(NCC1CCCO1)NCC(c1ccccc1)N1CCc2sccc2C1. The molecule has 28 heavy (non-hydrogen) atoms. The van der Waals surface area contributed by atoms with Gasteiger partial charge in [0, 0.05) is 44.7 Å². The summed E-state index contributed by atoms with van der Waals surface area (Å²) in [7, 11) is 1.83. The summed E-state index contributed by atoms with van der Waals surface area (Å²) in [6.45, 7) is 4.64. The van der Waals surface area contributed by atoms with E-state index in [1.54, 1.807) is 4.88 Å². The highest BCUT2D eigenvalue weighted by Crippen LogP contribution is 2.30. The Balaban J connectivity index is 1.41. The highest BCUT2D eigenvalue weighted by atomic mass is 32.1. The third-order valence-electron chi connectivity index (χ3n) is 5.67. The Morgan fingerprint density at radius 2 is 2.18 bits per heavy atom. The summed E-state index contributed by atoms with van der Waals surface area (Å²) in [6, 6.07) is 13.4. The number of hydrogen-bond acceptors (Lipinski definition) is 4. The van der Waals surface area contributed by atoms with Gasteiger partial charge in [0.25, 0.3) is 0 Å². The van der Waals surface area contributed by atoms with Crippen molar-refractivity contribution in [1.29, 1.82) is 0 Å². The van der Waals surface area contributed by atoms with Crippen molar-refractivity contribution in [2.24, 2.45) is 4.99 Å². The molecule has 0 amide bonds. The van der Waals surface area contributed by atoms with Crippen LogP contribution in [-0.4, -0.2) is 50.3 Å². The van der Waals surface area contributed by atoms with Crippen LogP contribution in [0.3, 0.4) is 0 Å². The van der Waals surface area contributed by atoms with Crippen LogP contribution in [0, 0.1) is 0 Å². The Kier molecular flexibility index (Phi) is 6.62. The number of ether oxygens (including phenoxy) is 1. The zero-order chi connectivity index (χ0) is 19.2. The molecule has 2 N–H and O–H groups in total. The lowest BCUT2D eigenvalue weighted by molar-refractivity contribution is 0.113. The van der Waals surface area contributed by atoms with Crippen molar-refractivity contribution in [3.05, 3.63) is 57.8 Å². The molecule has 1 aromatic heterocycles. The average Bonchev–Trinajstić information content (AvgIpc) is 3.42. The van der Waals surface area contributed by atoms with Crippen LogP contribution in [0.2, 0.25) is 0 Å². The van der Waals surface area contributed by atoms with Gasteiger partial charge in [-0.15, -0.1) is 11.3 Å². The van der Waals surface area contributed by atoms with E-state index in [1.165, 1.54) is 11.1 Å². The maximum Gasteiger partial charge on any atom is 0.191 e. The first-order valence-corrected chi connectivity index (χ1v) is 11.1. The van der Waals surface area contributed by atoms with Crippen molar-refractivity contribution in [3.8, 4) is 0 Å². The molecule has 0 saturated carbocycles. The lowest BCUT2D eigenvalue weighted by Crippen LogP contribution is -2.45. The minimum atomic E-state index is 0.308. The number of nitrogens with one attached hydrogen (secondary N) is 2. The predicted molar refractivity (Wildman–Crippen MR) is 116 cm³/mol. The van der Waals surface area contributed by atoms with Crippen molar-refractivity contribution in [1.82, 2.24) is 15.5 Å². The Morgan fingerprint density at radius 1 is 1.29 bits per heavy atom. The number of benzene rings is 1. The van der Waals surface area contributed by atoms with Gasteiger partial charge in [-0.25, -0.2) is 0 Å². The smallest absolute Gasteiger partial charge is 0.191 e. The van der Waals surface area contributed by atoms with Gasteiger partial charge in [-0.3, -0.25) is 9.89 Å². The Hall–Kier alpha value is -1.89. The summed E-state index contributed by atoms with van der Waals surface area (Å²) in [4.78, 5) is 8.54. The second-order valence-electron chi connectivity index (χ2n) is 7.49. The van der Waals surface area contributed by atoms with Crippen LogP contribution in [0.15, 0.2) is 46.8 Å². The van der Waals surface area contributed by atoms with Gasteiger partial charge < -0.3 is 15.4 Å². The van der Waals surface area contributed by atoms with Gasteiger partial charge in [0.05, 0.1) is 12.1 Å². The van der Waals surface area contributed by atoms with Crippen molar-refractivity contribution >= 4 is 17.3 Å². The van der Waals surface area contributed by atoms with Gasteiger partial charge in [-0.05, 0) is 41.8 Å². The van der Waals surface area contributed by atoms with Gasteiger partial charge >= 0.3 is 0 Å². The number of nitrogens with zero attached hydrogens (tertiary/aromatic N) is 2. The van der Waals surface area contributed by atoms with E-state index >= 15 is 0 Å². The van der Waals surface area contributed by atoms with Crippen LogP contribution in [0.5, 0.6) is 0 Å². The first kappa shape index (κ1) is 19.4. The van der Waals surface area contributed by atoms with E-state index in [1.807, 2.05) is 18.4 Å². The molecule has 1 saturated heterocycles. The van der Waals surface area contributed by atoms with E-state index < -0.39 is 0 Å². The van der Waals surface area contributed by atoms with Crippen molar-refractivity contribution in [2.75, 3.05) is 33.3 Å². The molecule has 6 heteroatoms. The molecule has 2 unspecified atom stereocenters. The van der Waals surface area contributed by atoms with Gasteiger partial charge in [0.1, 0.15) is 0 Å². The predicted octanol–water partition coefficient (Wildman–Crippen LogP) is 3.19. The number of thiophene rings is 1. The summed E-state index contributed by atoms with van der Waals surface area (Å²) in [5, 5.41) is 9.20. The molecule has 150 valence electrons. The van der Waals surface area contributed by atoms with Crippen LogP contribution in [0.25, 0.3) is 0 Å². The molecular formula is C22H30N4OS. The molecule has 0 bridgehead atoms. The normalized spacial score (nSPS) is 21.3. The third-order valence-corrected chi connectivity index (χ3v) is 6.69. The molecule has 0 aliphatic carbocycles. The number of rotatable bonds is 6. The number of fused-ring (bicyclic) bond motifs is 1. The molecular weight excluding hydrogens is 368 g/mol. The topological polar surface area (TPSA) is 48.9 Å². The van der Waals surface area contributed by atoms with E-state index in [2.05, 4.69) is 62.3 Å². The summed E-state index contributed by atoms with van der Waals surface area (Å²) < 4.78 is 5.71. The summed E-state index contributed by atoms with van der Waals surface area (Å²) >= 11 is 1.89. The molecule has 0 spiro atoms. The molecule has 4 rings (SSSR count). The monoisotopic (exact) mass is 398 g/mol. The highest BCUT2D eigenvalue weighted by molar-refractivity contribution is 7.10. The molecule has 0 radical (unpaired) electrons. The van der Waals surface area contributed by atoms with Crippen LogP contribution in [-0.2, 0) is 17.7 Å². The minimum absolute atomic E-state index is 0.308. The van der Waals surface area contributed by atoms with Crippen LogP contribution in [0.1, 0.15) is 34.9 Å². The van der Waals surface area contributed by atoms with E-state index in [0.717, 1.165) is 58.0 Å². The maximum absolute atomic E-state index is 5.71. The van der Waals surface area contributed by atoms with E-state index in [-0.39, 0.29) is 0 Å². The number of hydrogen-bond donors (Lipinski definition) is 2. The van der Waals surface area contributed by atoms with Gasteiger partial charge in [0.2, 0.25) is 0 Å². The van der Waals surface area contributed by atoms with Gasteiger partial charge in [-0.1, -0.05) is 30.3 Å². The molecule has 1 fully saturated rings. The van der Waals surface area contributed by atoms with Crippen molar-refractivity contribution < 1.29 is 4.74 Å². The lowest BCUT2D eigenvalue weighted by atomic mass is 10.0. The Morgan fingerprint density at radius 3 is 2.96 bits per heavy atom. The first-order chi connectivity index (χ1) is 13.8. The van der Waals surface area contributed by atoms with Gasteiger partial charge in [-0.2, -0.15) is 0 Å². The van der Waals surface area contributed by atoms with Gasteiger partial charge in [0.15, 0.2) is 5.96 Å². The first-order valence-electron chi connectivity index (χ1n) is 10.2. The fourth-order valence-electron chi connectivity index (χ4n) is 4.10. The summed E-state index contributed by atoms with van der Waals surface area (Å²) in [5.74, 6) is 0.852. The summed E-state index contributed by atoms with van der Waals surface area (Å²) in [5.41, 5.74) is 2.83.